The van der Waals surface area contributed by atoms with Crippen molar-refractivity contribution in [2.24, 2.45) is 0 Å². The summed E-state index contributed by atoms with van der Waals surface area (Å²) in [7, 11) is 1.71. The Labute approximate surface area is 104 Å². The van der Waals surface area contributed by atoms with E-state index in [1.807, 2.05) is 12.1 Å². The lowest BCUT2D eigenvalue weighted by Crippen LogP contribution is -2.56. The Kier molecular flexibility index (Phi) is 4.40. The molecule has 0 amide bonds. The summed E-state index contributed by atoms with van der Waals surface area (Å²) in [5, 5.41) is 3.34. The normalized spacial score (nSPS) is 15.9. The van der Waals surface area contributed by atoms with Crippen LogP contribution in [0.2, 0.25) is 0 Å². The predicted molar refractivity (Wildman–Crippen MR) is 70.4 cm³/mol. The van der Waals surface area contributed by atoms with E-state index in [0.717, 1.165) is 31.4 Å². The highest BCUT2D eigenvalue weighted by molar-refractivity contribution is 5.27. The van der Waals surface area contributed by atoms with Gasteiger partial charge in [0.2, 0.25) is 0 Å². The first-order chi connectivity index (χ1) is 8.33. The highest BCUT2D eigenvalue weighted by Crippen LogP contribution is 2.15. The van der Waals surface area contributed by atoms with E-state index in [0.29, 0.717) is 0 Å². The highest BCUT2D eigenvalue weighted by Gasteiger charge is 2.23. The molecular weight excluding hydrogens is 212 g/mol. The molecule has 0 saturated carbocycles. The Hall–Kier alpha value is -1.06. The average molecular weight is 234 g/mol. The summed E-state index contributed by atoms with van der Waals surface area (Å²) in [5.74, 6) is 0.932. The maximum Gasteiger partial charge on any atom is 0.118 e. The predicted octanol–water partition coefficient (Wildman–Crippen LogP) is 1.88. The number of methoxy groups -OCH3 is 1. The second-order valence-corrected chi connectivity index (χ2v) is 4.63. The van der Waals surface area contributed by atoms with Crippen molar-refractivity contribution in [3.05, 3.63) is 29.8 Å². The van der Waals surface area contributed by atoms with Crippen LogP contribution < -0.4 is 10.1 Å². The van der Waals surface area contributed by atoms with Crippen LogP contribution in [0.15, 0.2) is 24.3 Å². The van der Waals surface area contributed by atoms with Gasteiger partial charge in [0.05, 0.1) is 7.11 Å². The zero-order valence-electron chi connectivity index (χ0n) is 10.8. The van der Waals surface area contributed by atoms with Gasteiger partial charge in [0.15, 0.2) is 0 Å². The summed E-state index contributed by atoms with van der Waals surface area (Å²) in [6.07, 6.45) is 1.21. The SMILES string of the molecule is CCCN(Cc1ccc(OC)cc1)C1CNC1. The number of rotatable bonds is 6. The van der Waals surface area contributed by atoms with Crippen LogP contribution in [0.25, 0.3) is 0 Å². The van der Waals surface area contributed by atoms with Crippen molar-refractivity contribution >= 4 is 0 Å². The van der Waals surface area contributed by atoms with Crippen LogP contribution in [0.1, 0.15) is 18.9 Å². The van der Waals surface area contributed by atoms with Crippen LogP contribution in [-0.2, 0) is 6.54 Å². The number of benzene rings is 1. The van der Waals surface area contributed by atoms with E-state index in [2.05, 4.69) is 29.3 Å². The first-order valence-electron chi connectivity index (χ1n) is 6.41. The van der Waals surface area contributed by atoms with Crippen LogP contribution in [0.4, 0.5) is 0 Å². The van der Waals surface area contributed by atoms with Crippen LogP contribution in [0, 0.1) is 0 Å². The van der Waals surface area contributed by atoms with Gasteiger partial charge >= 0.3 is 0 Å². The Morgan fingerprint density at radius 3 is 2.47 bits per heavy atom. The lowest BCUT2D eigenvalue weighted by molar-refractivity contribution is 0.138. The van der Waals surface area contributed by atoms with Crippen molar-refractivity contribution in [1.82, 2.24) is 10.2 Å². The van der Waals surface area contributed by atoms with Crippen molar-refractivity contribution in [3.63, 3.8) is 0 Å². The molecule has 1 fully saturated rings. The van der Waals surface area contributed by atoms with Crippen molar-refractivity contribution in [2.45, 2.75) is 25.9 Å². The number of ether oxygens (including phenoxy) is 1. The summed E-state index contributed by atoms with van der Waals surface area (Å²) >= 11 is 0. The third kappa shape index (κ3) is 3.20. The van der Waals surface area contributed by atoms with Crippen molar-refractivity contribution < 1.29 is 4.74 Å². The van der Waals surface area contributed by atoms with Gasteiger partial charge in [-0.25, -0.2) is 0 Å². The Bertz CT molecular complexity index is 333. The smallest absolute Gasteiger partial charge is 0.118 e. The van der Waals surface area contributed by atoms with Crippen molar-refractivity contribution in [1.29, 1.82) is 0 Å². The molecule has 1 N–H and O–H groups in total. The Balaban J connectivity index is 1.95. The largest absolute Gasteiger partial charge is 0.497 e. The van der Waals surface area contributed by atoms with E-state index in [4.69, 9.17) is 4.74 Å². The van der Waals surface area contributed by atoms with E-state index >= 15 is 0 Å². The molecular formula is C14H22N2O. The van der Waals surface area contributed by atoms with E-state index in [1.54, 1.807) is 7.11 Å². The molecule has 94 valence electrons. The van der Waals surface area contributed by atoms with Crippen molar-refractivity contribution in [3.8, 4) is 5.75 Å². The second kappa shape index (κ2) is 6.03. The minimum absolute atomic E-state index is 0.719. The molecule has 1 heterocycles. The zero-order chi connectivity index (χ0) is 12.1. The molecule has 1 aliphatic heterocycles. The molecule has 1 aromatic carbocycles. The summed E-state index contributed by atoms with van der Waals surface area (Å²) in [4.78, 5) is 2.57. The molecule has 1 saturated heterocycles. The van der Waals surface area contributed by atoms with Crippen LogP contribution in [-0.4, -0.2) is 37.7 Å². The molecule has 0 aromatic heterocycles. The van der Waals surface area contributed by atoms with E-state index in [1.165, 1.54) is 18.5 Å². The number of nitrogens with zero attached hydrogens (tertiary/aromatic N) is 1. The number of nitrogens with one attached hydrogen (secondary N) is 1. The third-order valence-electron chi connectivity index (χ3n) is 3.33. The molecule has 17 heavy (non-hydrogen) atoms. The molecule has 2 rings (SSSR count). The number of hydrogen-bond donors (Lipinski definition) is 1. The third-order valence-corrected chi connectivity index (χ3v) is 3.33. The summed E-state index contributed by atoms with van der Waals surface area (Å²) in [5.41, 5.74) is 1.37. The Morgan fingerprint density at radius 2 is 2.00 bits per heavy atom. The maximum atomic E-state index is 5.18. The second-order valence-electron chi connectivity index (χ2n) is 4.63. The van der Waals surface area contributed by atoms with Gasteiger partial charge < -0.3 is 10.1 Å². The first kappa shape index (κ1) is 12.4. The molecule has 0 unspecified atom stereocenters. The molecule has 0 spiro atoms. The van der Waals surface area contributed by atoms with Gasteiger partial charge in [-0.1, -0.05) is 19.1 Å². The summed E-state index contributed by atoms with van der Waals surface area (Å²) < 4.78 is 5.18. The zero-order valence-corrected chi connectivity index (χ0v) is 10.8. The van der Waals surface area contributed by atoms with Gasteiger partial charge in [0, 0.05) is 25.7 Å². The quantitative estimate of drug-likeness (QED) is 0.813. The van der Waals surface area contributed by atoms with Crippen LogP contribution in [0.3, 0.4) is 0 Å². The number of hydrogen-bond acceptors (Lipinski definition) is 3. The fraction of sp³-hybridized carbons (Fsp3) is 0.571. The van der Waals surface area contributed by atoms with Gasteiger partial charge in [0.1, 0.15) is 5.75 Å². The monoisotopic (exact) mass is 234 g/mol. The van der Waals surface area contributed by atoms with Gasteiger partial charge in [-0.05, 0) is 30.7 Å². The molecule has 0 bridgehead atoms. The maximum absolute atomic E-state index is 5.18. The molecule has 3 heteroatoms. The van der Waals surface area contributed by atoms with E-state index < -0.39 is 0 Å². The van der Waals surface area contributed by atoms with E-state index in [-0.39, 0.29) is 0 Å². The standard InChI is InChI=1S/C14H22N2O/c1-3-8-16(13-9-15-10-13)11-12-4-6-14(17-2)7-5-12/h4-7,13,15H,3,8-11H2,1-2H3. The van der Waals surface area contributed by atoms with Gasteiger partial charge in [-0.2, -0.15) is 0 Å². The van der Waals surface area contributed by atoms with Crippen LogP contribution in [0.5, 0.6) is 5.75 Å². The topological polar surface area (TPSA) is 24.5 Å². The lowest BCUT2D eigenvalue weighted by atomic mass is 10.1. The summed E-state index contributed by atoms with van der Waals surface area (Å²) in [6.45, 7) is 6.74. The molecule has 3 nitrogen and oxygen atoms in total. The Morgan fingerprint density at radius 1 is 1.29 bits per heavy atom. The average Bonchev–Trinajstić information content (AvgIpc) is 2.28. The van der Waals surface area contributed by atoms with E-state index in [9.17, 15) is 0 Å². The van der Waals surface area contributed by atoms with Crippen LogP contribution >= 0.6 is 0 Å². The lowest BCUT2D eigenvalue weighted by Gasteiger charge is -2.38. The minimum Gasteiger partial charge on any atom is -0.497 e. The fourth-order valence-electron chi connectivity index (χ4n) is 2.18. The molecule has 1 aromatic rings. The molecule has 0 radical (unpaired) electrons. The fourth-order valence-corrected chi connectivity index (χ4v) is 2.18. The van der Waals surface area contributed by atoms with Gasteiger partial charge in [-0.15, -0.1) is 0 Å². The molecule has 0 aliphatic carbocycles. The highest BCUT2D eigenvalue weighted by atomic mass is 16.5. The molecule has 1 aliphatic rings. The molecule has 0 atom stereocenters. The van der Waals surface area contributed by atoms with Crippen molar-refractivity contribution in [2.75, 3.05) is 26.7 Å². The van der Waals surface area contributed by atoms with Gasteiger partial charge in [0.25, 0.3) is 0 Å². The summed E-state index contributed by atoms with van der Waals surface area (Å²) in [6, 6.07) is 9.12. The first-order valence-corrected chi connectivity index (χ1v) is 6.41. The minimum atomic E-state index is 0.719. The van der Waals surface area contributed by atoms with Gasteiger partial charge in [-0.3, -0.25) is 4.90 Å².